The lowest BCUT2D eigenvalue weighted by atomic mass is 9.95. The third kappa shape index (κ3) is 4.42. The molecule has 3 fully saturated rings. The summed E-state index contributed by atoms with van der Waals surface area (Å²) in [5.41, 5.74) is 1.57. The van der Waals surface area contributed by atoms with Crippen LogP contribution in [-0.4, -0.2) is 98.9 Å². The van der Waals surface area contributed by atoms with Crippen molar-refractivity contribution in [2.24, 2.45) is 4.99 Å². The number of thioether (sulfide) groups is 1. The lowest BCUT2D eigenvalue weighted by Crippen LogP contribution is -2.61. The van der Waals surface area contributed by atoms with Crippen molar-refractivity contribution in [3.8, 4) is 0 Å². The van der Waals surface area contributed by atoms with E-state index < -0.39 is 0 Å². The summed E-state index contributed by atoms with van der Waals surface area (Å²) in [7, 11) is 1.91. The predicted octanol–water partition coefficient (Wildman–Crippen LogP) is 1.59. The summed E-state index contributed by atoms with van der Waals surface area (Å²) in [5.74, 6) is 3.52. The van der Waals surface area contributed by atoms with E-state index in [1.807, 2.05) is 7.05 Å². The molecule has 1 unspecified atom stereocenters. The minimum atomic E-state index is 0.246. The number of hydrogen-bond donors (Lipinski definition) is 1. The maximum absolute atomic E-state index is 5.59. The first-order valence-corrected chi connectivity index (χ1v) is 11.6. The Morgan fingerprint density at radius 3 is 2.50 bits per heavy atom. The maximum atomic E-state index is 5.59. The molecule has 28 heavy (non-hydrogen) atoms. The van der Waals surface area contributed by atoms with Crippen LogP contribution in [0.5, 0.6) is 0 Å². The van der Waals surface area contributed by atoms with E-state index in [1.165, 1.54) is 23.6 Å². The van der Waals surface area contributed by atoms with Gasteiger partial charge in [-0.05, 0) is 24.3 Å². The molecular formula is C21H33N5OS. The van der Waals surface area contributed by atoms with Crippen molar-refractivity contribution in [3.05, 3.63) is 30.3 Å². The van der Waals surface area contributed by atoms with Gasteiger partial charge in [-0.15, -0.1) is 0 Å². The van der Waals surface area contributed by atoms with Crippen LogP contribution in [0.2, 0.25) is 0 Å². The normalized spacial score (nSPS) is 27.2. The highest BCUT2D eigenvalue weighted by Crippen LogP contribution is 2.33. The first-order valence-electron chi connectivity index (χ1n) is 10.5. The number of benzene rings is 1. The summed E-state index contributed by atoms with van der Waals surface area (Å²) in [6.45, 7) is 8.90. The average Bonchev–Trinajstić information content (AvgIpc) is 3.26. The highest BCUT2D eigenvalue weighted by Gasteiger charge is 2.41. The second kappa shape index (κ2) is 9.37. The van der Waals surface area contributed by atoms with Gasteiger partial charge in [0.25, 0.3) is 0 Å². The van der Waals surface area contributed by atoms with Crippen LogP contribution in [0.1, 0.15) is 6.42 Å². The molecule has 1 aromatic rings. The van der Waals surface area contributed by atoms with E-state index in [9.17, 15) is 0 Å². The summed E-state index contributed by atoms with van der Waals surface area (Å²) < 4.78 is 5.59. The second-order valence-electron chi connectivity index (χ2n) is 7.84. The van der Waals surface area contributed by atoms with Crippen LogP contribution < -0.4 is 10.2 Å². The van der Waals surface area contributed by atoms with E-state index in [0.29, 0.717) is 0 Å². The Labute approximate surface area is 173 Å². The zero-order valence-electron chi connectivity index (χ0n) is 17.0. The topological polar surface area (TPSA) is 43.3 Å². The van der Waals surface area contributed by atoms with Crippen LogP contribution in [0.15, 0.2) is 35.3 Å². The molecule has 1 atom stereocenters. The lowest BCUT2D eigenvalue weighted by Gasteiger charge is -2.44. The van der Waals surface area contributed by atoms with Crippen molar-refractivity contribution in [1.82, 2.24) is 15.1 Å². The van der Waals surface area contributed by atoms with Gasteiger partial charge in [0.1, 0.15) is 0 Å². The molecule has 3 aliphatic rings. The summed E-state index contributed by atoms with van der Waals surface area (Å²) in [6.07, 6.45) is 1.25. The molecule has 3 heterocycles. The van der Waals surface area contributed by atoms with Gasteiger partial charge in [-0.25, -0.2) is 0 Å². The van der Waals surface area contributed by atoms with Crippen molar-refractivity contribution in [2.75, 3.05) is 82.5 Å². The molecule has 0 radical (unpaired) electrons. The van der Waals surface area contributed by atoms with Crippen LogP contribution >= 0.6 is 11.8 Å². The first-order chi connectivity index (χ1) is 13.8. The van der Waals surface area contributed by atoms with Gasteiger partial charge in [-0.2, -0.15) is 11.8 Å². The third-order valence-electron chi connectivity index (χ3n) is 6.25. The van der Waals surface area contributed by atoms with E-state index in [4.69, 9.17) is 4.74 Å². The second-order valence-corrected chi connectivity index (χ2v) is 8.94. The third-order valence-corrected chi connectivity index (χ3v) is 7.49. The Morgan fingerprint density at radius 2 is 1.86 bits per heavy atom. The van der Waals surface area contributed by atoms with E-state index in [2.05, 4.69) is 67.1 Å². The summed E-state index contributed by atoms with van der Waals surface area (Å²) >= 11 is 2.08. The molecule has 4 rings (SSSR count). The Balaban J connectivity index is 1.33. The van der Waals surface area contributed by atoms with Gasteiger partial charge in [0.2, 0.25) is 0 Å². The molecule has 6 nitrogen and oxygen atoms in total. The molecule has 0 saturated carbocycles. The lowest BCUT2D eigenvalue weighted by molar-refractivity contribution is -0.0121. The minimum Gasteiger partial charge on any atom is -0.379 e. The number of piperazine rings is 1. The Bertz CT molecular complexity index is 635. The van der Waals surface area contributed by atoms with E-state index in [0.717, 1.165) is 65.0 Å². The first kappa shape index (κ1) is 19.9. The largest absolute Gasteiger partial charge is 0.379 e. The van der Waals surface area contributed by atoms with Crippen molar-refractivity contribution >= 4 is 23.4 Å². The van der Waals surface area contributed by atoms with Crippen molar-refractivity contribution in [2.45, 2.75) is 12.0 Å². The minimum absolute atomic E-state index is 0.246. The van der Waals surface area contributed by atoms with E-state index >= 15 is 0 Å². The highest BCUT2D eigenvalue weighted by molar-refractivity contribution is 7.99. The average molecular weight is 404 g/mol. The number of anilines is 1. The zero-order chi connectivity index (χ0) is 19.2. The molecule has 1 N–H and O–H groups in total. The number of nitrogens with one attached hydrogen (secondary N) is 1. The van der Waals surface area contributed by atoms with E-state index in [1.54, 1.807) is 0 Å². The van der Waals surface area contributed by atoms with Crippen LogP contribution in [0, 0.1) is 0 Å². The fraction of sp³-hybridized carbons (Fsp3) is 0.667. The van der Waals surface area contributed by atoms with Crippen LogP contribution in [0.25, 0.3) is 0 Å². The smallest absolute Gasteiger partial charge is 0.193 e. The van der Waals surface area contributed by atoms with Gasteiger partial charge in [0, 0.05) is 69.8 Å². The van der Waals surface area contributed by atoms with Crippen LogP contribution in [0.3, 0.4) is 0 Å². The van der Waals surface area contributed by atoms with Crippen molar-refractivity contribution in [3.63, 3.8) is 0 Å². The SMILES string of the molecule is CN=C(NCC1(N2CCOCC2)CCSC1)N1CCN(c2ccccc2)CC1. The molecule has 154 valence electrons. The quantitative estimate of drug-likeness (QED) is 0.608. The number of hydrogen-bond acceptors (Lipinski definition) is 5. The van der Waals surface area contributed by atoms with Crippen LogP contribution in [-0.2, 0) is 4.74 Å². The highest BCUT2D eigenvalue weighted by atomic mass is 32.2. The fourth-order valence-corrected chi connectivity index (χ4v) is 6.00. The van der Waals surface area contributed by atoms with Gasteiger partial charge in [-0.1, -0.05) is 18.2 Å². The molecular weight excluding hydrogens is 370 g/mol. The molecule has 3 aliphatic heterocycles. The Morgan fingerprint density at radius 1 is 1.11 bits per heavy atom. The standard InChI is InChI=1S/C21H33N5OS/c1-22-20(25-10-8-24(9-11-25)19-5-3-2-4-6-19)23-17-21(7-16-28-18-21)26-12-14-27-15-13-26/h2-6H,7-18H2,1H3,(H,22,23). The number of nitrogens with zero attached hydrogens (tertiary/aromatic N) is 4. The maximum Gasteiger partial charge on any atom is 0.193 e. The Hall–Kier alpha value is -1.44. The predicted molar refractivity (Wildman–Crippen MR) is 119 cm³/mol. The van der Waals surface area contributed by atoms with Crippen molar-refractivity contribution < 1.29 is 4.74 Å². The van der Waals surface area contributed by atoms with Gasteiger partial charge >= 0.3 is 0 Å². The van der Waals surface area contributed by atoms with Crippen molar-refractivity contribution in [1.29, 1.82) is 0 Å². The molecule has 0 aromatic heterocycles. The number of rotatable bonds is 4. The van der Waals surface area contributed by atoms with E-state index in [-0.39, 0.29) is 5.54 Å². The van der Waals surface area contributed by atoms with Gasteiger partial charge in [0.15, 0.2) is 5.96 Å². The molecule has 0 amide bonds. The molecule has 0 spiro atoms. The monoisotopic (exact) mass is 403 g/mol. The molecule has 7 heteroatoms. The summed E-state index contributed by atoms with van der Waals surface area (Å²) in [4.78, 5) is 12.1. The fourth-order valence-electron chi connectivity index (χ4n) is 4.53. The van der Waals surface area contributed by atoms with Gasteiger partial charge < -0.3 is 19.9 Å². The summed E-state index contributed by atoms with van der Waals surface area (Å²) in [6, 6.07) is 10.7. The number of guanidine groups is 1. The molecule has 0 bridgehead atoms. The zero-order valence-corrected chi connectivity index (χ0v) is 17.8. The number of aliphatic imine (C=N–C) groups is 1. The number of para-hydroxylation sites is 1. The van der Waals surface area contributed by atoms with Gasteiger partial charge in [0.05, 0.1) is 13.2 Å². The molecule has 3 saturated heterocycles. The van der Waals surface area contributed by atoms with Gasteiger partial charge in [-0.3, -0.25) is 9.89 Å². The Kier molecular flexibility index (Phi) is 6.65. The molecule has 1 aromatic carbocycles. The van der Waals surface area contributed by atoms with Crippen LogP contribution in [0.4, 0.5) is 5.69 Å². The molecule has 0 aliphatic carbocycles. The summed E-state index contributed by atoms with van der Waals surface area (Å²) in [5, 5.41) is 3.74. The number of morpholine rings is 1. The number of ether oxygens (including phenoxy) is 1.